The first kappa shape index (κ1) is 10.7. The van der Waals surface area contributed by atoms with Crippen LogP contribution in [0, 0.1) is 0 Å². The highest BCUT2D eigenvalue weighted by molar-refractivity contribution is 7.80. The summed E-state index contributed by atoms with van der Waals surface area (Å²) in [4.78, 5) is 0. The molecule has 0 amide bonds. The number of ether oxygens (including phenoxy) is 1. The third kappa shape index (κ3) is 2.58. The van der Waals surface area contributed by atoms with Crippen LogP contribution in [0.2, 0.25) is 0 Å². The molecule has 0 radical (unpaired) electrons. The number of hydrazine groups is 1. The van der Waals surface area contributed by atoms with Gasteiger partial charge in [-0.2, -0.15) is 0 Å². The molecule has 0 spiro atoms. The fraction of sp³-hybridized carbons (Fsp3) is 0.222. The van der Waals surface area contributed by atoms with Crippen LogP contribution in [0.1, 0.15) is 5.56 Å². The topological polar surface area (TPSA) is 64.5 Å². The van der Waals surface area contributed by atoms with Crippen LogP contribution in [0.3, 0.4) is 0 Å². The van der Waals surface area contributed by atoms with E-state index in [0.29, 0.717) is 6.54 Å². The van der Waals surface area contributed by atoms with Crippen LogP contribution in [0.4, 0.5) is 0 Å². The second kappa shape index (κ2) is 4.78. The maximum atomic E-state index is 5.58. The Kier molecular flexibility index (Phi) is 3.67. The predicted molar refractivity (Wildman–Crippen MR) is 59.5 cm³/mol. The molecule has 14 heavy (non-hydrogen) atoms. The first-order chi connectivity index (χ1) is 6.65. The van der Waals surface area contributed by atoms with Crippen molar-refractivity contribution in [2.24, 2.45) is 11.6 Å². The minimum absolute atomic E-state index is 0.163. The van der Waals surface area contributed by atoms with Crippen LogP contribution >= 0.6 is 12.2 Å². The van der Waals surface area contributed by atoms with E-state index in [4.69, 9.17) is 28.5 Å². The Balaban J connectivity index is 2.80. The summed E-state index contributed by atoms with van der Waals surface area (Å²) in [6, 6.07) is 7.58. The first-order valence-electron chi connectivity index (χ1n) is 4.08. The lowest BCUT2D eigenvalue weighted by atomic mass is 10.2. The average Bonchev–Trinajstić information content (AvgIpc) is 2.18. The van der Waals surface area contributed by atoms with Crippen molar-refractivity contribution in [1.29, 1.82) is 0 Å². The maximum absolute atomic E-state index is 5.58. The third-order valence-corrected chi connectivity index (χ3v) is 2.05. The number of thiocarbonyl (C=S) groups is 1. The number of methoxy groups -OCH3 is 1. The van der Waals surface area contributed by atoms with Gasteiger partial charge in [-0.1, -0.05) is 18.2 Å². The van der Waals surface area contributed by atoms with Crippen molar-refractivity contribution in [2.45, 2.75) is 6.54 Å². The van der Waals surface area contributed by atoms with Crippen molar-refractivity contribution < 1.29 is 4.74 Å². The standard InChI is InChI=1S/C9H13N3OS/c1-13-8-5-3-2-4-7(8)6-12(11)9(10)14/h2-5H,6,11H2,1H3,(H2,10,14). The zero-order valence-corrected chi connectivity index (χ0v) is 8.75. The number of nitrogens with zero attached hydrogens (tertiary/aromatic N) is 1. The molecule has 4 N–H and O–H groups in total. The monoisotopic (exact) mass is 211 g/mol. The molecule has 0 saturated heterocycles. The molecule has 0 aliphatic carbocycles. The lowest BCUT2D eigenvalue weighted by Gasteiger charge is -2.17. The molecule has 0 aliphatic rings. The molecule has 0 aromatic heterocycles. The smallest absolute Gasteiger partial charge is 0.180 e. The third-order valence-electron chi connectivity index (χ3n) is 1.82. The van der Waals surface area contributed by atoms with Crippen molar-refractivity contribution in [3.8, 4) is 5.75 Å². The molecule has 4 nitrogen and oxygen atoms in total. The van der Waals surface area contributed by atoms with Crippen molar-refractivity contribution >= 4 is 17.3 Å². The lowest BCUT2D eigenvalue weighted by molar-refractivity contribution is 0.387. The Morgan fingerprint density at radius 2 is 2.14 bits per heavy atom. The van der Waals surface area contributed by atoms with Crippen molar-refractivity contribution in [1.82, 2.24) is 5.01 Å². The van der Waals surface area contributed by atoms with Gasteiger partial charge in [-0.15, -0.1) is 0 Å². The quantitative estimate of drug-likeness (QED) is 0.436. The molecule has 0 fully saturated rings. The summed E-state index contributed by atoms with van der Waals surface area (Å²) < 4.78 is 5.16. The molecule has 0 atom stereocenters. The van der Waals surface area contributed by atoms with Crippen LogP contribution in [-0.2, 0) is 6.54 Å². The molecule has 0 heterocycles. The Labute approximate surface area is 88.4 Å². The van der Waals surface area contributed by atoms with Crippen LogP contribution in [-0.4, -0.2) is 17.2 Å². The Morgan fingerprint density at radius 1 is 1.50 bits per heavy atom. The molecular weight excluding hydrogens is 198 g/mol. The maximum Gasteiger partial charge on any atom is 0.180 e. The SMILES string of the molecule is COc1ccccc1CN(N)C(N)=S. The molecule has 0 saturated carbocycles. The zero-order valence-electron chi connectivity index (χ0n) is 7.93. The molecule has 1 rings (SSSR count). The van der Waals surface area contributed by atoms with Crippen LogP contribution in [0.15, 0.2) is 24.3 Å². The normalized spacial score (nSPS) is 9.57. The summed E-state index contributed by atoms with van der Waals surface area (Å²) >= 11 is 4.73. The summed E-state index contributed by atoms with van der Waals surface area (Å²) in [6.45, 7) is 0.444. The second-order valence-corrected chi connectivity index (χ2v) is 3.20. The Morgan fingerprint density at radius 3 is 2.71 bits per heavy atom. The van der Waals surface area contributed by atoms with Gasteiger partial charge in [-0.05, 0) is 18.3 Å². The van der Waals surface area contributed by atoms with Crippen LogP contribution in [0.5, 0.6) is 5.75 Å². The van der Waals surface area contributed by atoms with Crippen molar-refractivity contribution in [2.75, 3.05) is 7.11 Å². The van der Waals surface area contributed by atoms with Gasteiger partial charge in [-0.3, -0.25) is 5.01 Å². The summed E-state index contributed by atoms with van der Waals surface area (Å²) in [6.07, 6.45) is 0. The zero-order chi connectivity index (χ0) is 10.6. The van der Waals surface area contributed by atoms with Gasteiger partial charge in [0.05, 0.1) is 13.7 Å². The highest BCUT2D eigenvalue weighted by atomic mass is 32.1. The number of para-hydroxylation sites is 1. The summed E-state index contributed by atoms with van der Waals surface area (Å²) in [7, 11) is 1.61. The van der Waals surface area contributed by atoms with E-state index < -0.39 is 0 Å². The number of benzene rings is 1. The van der Waals surface area contributed by atoms with Crippen molar-refractivity contribution in [3.05, 3.63) is 29.8 Å². The number of rotatable bonds is 3. The van der Waals surface area contributed by atoms with E-state index >= 15 is 0 Å². The minimum atomic E-state index is 0.163. The highest BCUT2D eigenvalue weighted by Gasteiger charge is 2.06. The van der Waals surface area contributed by atoms with E-state index in [0.717, 1.165) is 11.3 Å². The van der Waals surface area contributed by atoms with Gasteiger partial charge in [0.15, 0.2) is 5.11 Å². The van der Waals surface area contributed by atoms with Crippen LogP contribution < -0.4 is 16.3 Å². The van der Waals surface area contributed by atoms with Gasteiger partial charge in [0.2, 0.25) is 0 Å². The fourth-order valence-electron chi connectivity index (χ4n) is 1.10. The first-order valence-corrected chi connectivity index (χ1v) is 4.49. The number of nitrogens with two attached hydrogens (primary N) is 2. The Hall–Kier alpha value is -1.33. The summed E-state index contributed by atoms with van der Waals surface area (Å²) in [5, 5.41) is 1.46. The van der Waals surface area contributed by atoms with Gasteiger partial charge in [0.1, 0.15) is 5.75 Å². The minimum Gasteiger partial charge on any atom is -0.496 e. The molecule has 5 heteroatoms. The number of hydrogen-bond acceptors (Lipinski definition) is 3. The Bertz CT molecular complexity index is 330. The summed E-state index contributed by atoms with van der Waals surface area (Å²) in [5.41, 5.74) is 6.32. The van der Waals surface area contributed by atoms with Crippen molar-refractivity contribution in [3.63, 3.8) is 0 Å². The lowest BCUT2D eigenvalue weighted by Crippen LogP contribution is -2.40. The van der Waals surface area contributed by atoms with E-state index in [-0.39, 0.29) is 5.11 Å². The second-order valence-electron chi connectivity index (χ2n) is 2.78. The molecule has 1 aromatic carbocycles. The molecule has 0 aliphatic heterocycles. The van der Waals surface area contributed by atoms with E-state index in [2.05, 4.69) is 0 Å². The van der Waals surface area contributed by atoms with Gasteiger partial charge in [-0.25, -0.2) is 5.84 Å². The molecule has 1 aromatic rings. The largest absolute Gasteiger partial charge is 0.496 e. The van der Waals surface area contributed by atoms with E-state index in [1.54, 1.807) is 7.11 Å². The summed E-state index contributed by atoms with van der Waals surface area (Å²) in [5.74, 6) is 6.36. The van der Waals surface area contributed by atoms with E-state index in [9.17, 15) is 0 Å². The van der Waals surface area contributed by atoms with Gasteiger partial charge >= 0.3 is 0 Å². The molecule has 76 valence electrons. The van der Waals surface area contributed by atoms with Crippen LogP contribution in [0.25, 0.3) is 0 Å². The van der Waals surface area contributed by atoms with Gasteiger partial charge < -0.3 is 10.5 Å². The molecular formula is C9H13N3OS. The molecule has 0 unspecified atom stereocenters. The predicted octanol–water partition coefficient (Wildman–Crippen LogP) is 0.615. The van der Waals surface area contributed by atoms with Gasteiger partial charge in [0.25, 0.3) is 0 Å². The van der Waals surface area contributed by atoms with Gasteiger partial charge in [0, 0.05) is 5.56 Å². The van der Waals surface area contributed by atoms with E-state index in [1.807, 2.05) is 24.3 Å². The fourth-order valence-corrected chi connectivity index (χ4v) is 1.16. The highest BCUT2D eigenvalue weighted by Crippen LogP contribution is 2.17. The van der Waals surface area contributed by atoms with E-state index in [1.165, 1.54) is 5.01 Å². The molecule has 0 bridgehead atoms. The average molecular weight is 211 g/mol. The number of hydrogen-bond donors (Lipinski definition) is 2.